The maximum Gasteiger partial charge on any atom is 0.332 e. The molecule has 0 saturated carbocycles. The molecule has 1 aliphatic rings. The van der Waals surface area contributed by atoms with Crippen molar-refractivity contribution in [2.75, 3.05) is 26.3 Å². The highest BCUT2D eigenvalue weighted by molar-refractivity contribution is 6.17. The summed E-state index contributed by atoms with van der Waals surface area (Å²) in [5.41, 5.74) is 1.80. The topological polar surface area (TPSA) is 77.4 Å². The number of hydrazone groups is 1. The highest BCUT2D eigenvalue weighted by Crippen LogP contribution is 2.32. The Labute approximate surface area is 157 Å². The molecule has 0 aliphatic carbocycles. The van der Waals surface area contributed by atoms with Gasteiger partial charge in [0.05, 0.1) is 32.7 Å². The zero-order chi connectivity index (χ0) is 19.4. The minimum Gasteiger partial charge on any atom is -0.497 e. The summed E-state index contributed by atoms with van der Waals surface area (Å²) in [6.07, 6.45) is 0. The summed E-state index contributed by atoms with van der Waals surface area (Å²) < 4.78 is 15.1. The first-order chi connectivity index (χ1) is 13.1. The lowest BCUT2D eigenvalue weighted by molar-refractivity contribution is -0.150. The van der Waals surface area contributed by atoms with E-state index in [4.69, 9.17) is 14.2 Å². The van der Waals surface area contributed by atoms with E-state index < -0.39 is 23.9 Å². The fraction of sp³-hybridized carbons (Fsp3) is 0.250. The molecule has 0 bridgehead atoms. The molecule has 0 unspecified atom stereocenters. The number of benzene rings is 2. The van der Waals surface area contributed by atoms with Gasteiger partial charge in [-0.05, 0) is 42.0 Å². The molecule has 0 saturated heterocycles. The van der Waals surface area contributed by atoms with Gasteiger partial charge < -0.3 is 14.2 Å². The molecule has 0 spiro atoms. The Morgan fingerprint density at radius 1 is 0.889 bits per heavy atom. The molecular weight excluding hydrogens is 348 g/mol. The van der Waals surface area contributed by atoms with Crippen LogP contribution in [-0.4, -0.2) is 45.0 Å². The van der Waals surface area contributed by atoms with Crippen molar-refractivity contribution in [3.8, 4) is 5.75 Å². The van der Waals surface area contributed by atoms with E-state index in [9.17, 15) is 9.59 Å². The van der Waals surface area contributed by atoms with Gasteiger partial charge in [0.15, 0.2) is 6.04 Å². The van der Waals surface area contributed by atoms with Gasteiger partial charge >= 0.3 is 11.9 Å². The molecule has 0 amide bonds. The van der Waals surface area contributed by atoms with Crippen LogP contribution in [0.4, 0.5) is 5.69 Å². The van der Waals surface area contributed by atoms with Crippen LogP contribution in [0.15, 0.2) is 59.7 Å². The van der Waals surface area contributed by atoms with Crippen molar-refractivity contribution in [2.24, 2.45) is 11.0 Å². The van der Waals surface area contributed by atoms with Crippen molar-refractivity contribution in [3.63, 3.8) is 0 Å². The van der Waals surface area contributed by atoms with Gasteiger partial charge in [0.1, 0.15) is 11.7 Å². The Hall–Kier alpha value is -3.35. The van der Waals surface area contributed by atoms with Crippen molar-refractivity contribution < 1.29 is 23.8 Å². The predicted octanol–water partition coefficient (Wildman–Crippen LogP) is 2.25. The Morgan fingerprint density at radius 3 is 2.07 bits per heavy atom. The van der Waals surface area contributed by atoms with Gasteiger partial charge in [-0.25, -0.2) is 9.80 Å². The molecule has 3 rings (SSSR count). The van der Waals surface area contributed by atoms with Crippen LogP contribution in [-0.2, 0) is 19.1 Å². The molecule has 140 valence electrons. The van der Waals surface area contributed by atoms with Crippen molar-refractivity contribution in [3.05, 3.63) is 60.2 Å². The van der Waals surface area contributed by atoms with Gasteiger partial charge in [0.2, 0.25) is 0 Å². The van der Waals surface area contributed by atoms with Crippen LogP contribution in [0.1, 0.15) is 5.56 Å². The highest BCUT2D eigenvalue weighted by Gasteiger charge is 2.48. The van der Waals surface area contributed by atoms with Gasteiger partial charge in [-0.2, -0.15) is 5.10 Å². The number of ether oxygens (including phenoxy) is 3. The zero-order valence-electron chi connectivity index (χ0n) is 15.3. The van der Waals surface area contributed by atoms with E-state index in [1.165, 1.54) is 19.2 Å². The maximum atomic E-state index is 12.6. The van der Waals surface area contributed by atoms with Crippen LogP contribution in [0.5, 0.6) is 5.75 Å². The van der Waals surface area contributed by atoms with E-state index in [-0.39, 0.29) is 0 Å². The second kappa shape index (κ2) is 7.90. The smallest absolute Gasteiger partial charge is 0.332 e. The summed E-state index contributed by atoms with van der Waals surface area (Å²) in [4.78, 5) is 25.1. The molecule has 2 atom stereocenters. The van der Waals surface area contributed by atoms with Crippen molar-refractivity contribution in [2.45, 2.75) is 6.04 Å². The first-order valence-electron chi connectivity index (χ1n) is 8.33. The average molecular weight is 368 g/mol. The van der Waals surface area contributed by atoms with Gasteiger partial charge in [-0.15, -0.1) is 0 Å². The van der Waals surface area contributed by atoms with E-state index in [0.29, 0.717) is 22.7 Å². The average Bonchev–Trinajstić information content (AvgIpc) is 3.14. The minimum absolute atomic E-state index is 0.434. The van der Waals surface area contributed by atoms with E-state index in [0.717, 1.165) is 0 Å². The second-order valence-corrected chi connectivity index (χ2v) is 5.86. The summed E-state index contributed by atoms with van der Waals surface area (Å²) in [6, 6.07) is 15.3. The lowest BCUT2D eigenvalue weighted by atomic mass is 9.91. The molecule has 0 aromatic heterocycles. The monoisotopic (exact) mass is 368 g/mol. The summed E-state index contributed by atoms with van der Waals surface area (Å²) in [5.74, 6) is -1.37. The number of hydrogen-bond donors (Lipinski definition) is 0. The standard InChI is InChI=1S/C20H20N2O5/c1-25-15-11-9-13(10-12-15)17-16(19(23)26-2)18(20(24)27-3)22(21-17)14-7-5-4-6-8-14/h4-12,16,18H,1-3H3/t16-,18+/m1/s1. The van der Waals surface area contributed by atoms with Crippen LogP contribution < -0.4 is 9.75 Å². The summed E-state index contributed by atoms with van der Waals surface area (Å²) in [6.45, 7) is 0. The van der Waals surface area contributed by atoms with Crippen LogP contribution in [0.3, 0.4) is 0 Å². The fourth-order valence-corrected chi connectivity index (χ4v) is 3.05. The fourth-order valence-electron chi connectivity index (χ4n) is 3.05. The normalized spacial score (nSPS) is 18.6. The number of carbonyl (C=O) groups excluding carboxylic acids is 2. The summed E-state index contributed by atoms with van der Waals surface area (Å²) in [7, 11) is 4.14. The molecule has 27 heavy (non-hydrogen) atoms. The molecule has 0 radical (unpaired) electrons. The van der Waals surface area contributed by atoms with Gasteiger partial charge in [-0.1, -0.05) is 18.2 Å². The molecule has 0 N–H and O–H groups in total. The quantitative estimate of drug-likeness (QED) is 0.754. The van der Waals surface area contributed by atoms with E-state index in [1.54, 1.807) is 31.4 Å². The molecule has 7 nitrogen and oxygen atoms in total. The Balaban J connectivity index is 2.12. The number of methoxy groups -OCH3 is 3. The number of carbonyl (C=O) groups is 2. The molecule has 7 heteroatoms. The van der Waals surface area contributed by atoms with E-state index in [1.807, 2.05) is 30.3 Å². The van der Waals surface area contributed by atoms with Gasteiger partial charge in [0.25, 0.3) is 0 Å². The molecule has 1 heterocycles. The van der Waals surface area contributed by atoms with Gasteiger partial charge in [0, 0.05) is 0 Å². The molecule has 2 aromatic rings. The number of anilines is 1. The zero-order valence-corrected chi connectivity index (χ0v) is 15.3. The Kier molecular flexibility index (Phi) is 5.40. The third-order valence-corrected chi connectivity index (χ3v) is 4.39. The summed E-state index contributed by atoms with van der Waals surface area (Å²) in [5, 5.41) is 6.10. The largest absolute Gasteiger partial charge is 0.497 e. The lowest BCUT2D eigenvalue weighted by Gasteiger charge is -2.24. The van der Waals surface area contributed by atoms with Gasteiger partial charge in [-0.3, -0.25) is 4.79 Å². The van der Waals surface area contributed by atoms with Crippen LogP contribution in [0.2, 0.25) is 0 Å². The number of para-hydroxylation sites is 1. The number of rotatable bonds is 5. The summed E-state index contributed by atoms with van der Waals surface area (Å²) >= 11 is 0. The number of hydrogen-bond acceptors (Lipinski definition) is 7. The Morgan fingerprint density at radius 2 is 1.52 bits per heavy atom. The maximum absolute atomic E-state index is 12.6. The minimum atomic E-state index is -0.957. The SMILES string of the molecule is COC(=O)[C@@H]1C(c2ccc(OC)cc2)=NN(c2ccccc2)[C@@H]1C(=O)OC. The van der Waals surface area contributed by atoms with Crippen molar-refractivity contribution >= 4 is 23.3 Å². The number of nitrogens with zero attached hydrogens (tertiary/aromatic N) is 2. The van der Waals surface area contributed by atoms with E-state index >= 15 is 0 Å². The first kappa shape index (κ1) is 18.4. The predicted molar refractivity (Wildman–Crippen MR) is 99.8 cm³/mol. The van der Waals surface area contributed by atoms with Crippen LogP contribution >= 0.6 is 0 Å². The Bertz CT molecular complexity index is 848. The van der Waals surface area contributed by atoms with Crippen molar-refractivity contribution in [1.29, 1.82) is 0 Å². The van der Waals surface area contributed by atoms with Crippen LogP contribution in [0, 0.1) is 5.92 Å². The molecule has 1 aliphatic heterocycles. The van der Waals surface area contributed by atoms with Crippen LogP contribution in [0.25, 0.3) is 0 Å². The third-order valence-electron chi connectivity index (χ3n) is 4.39. The molecule has 0 fully saturated rings. The molecule has 2 aromatic carbocycles. The number of esters is 2. The van der Waals surface area contributed by atoms with Crippen molar-refractivity contribution in [1.82, 2.24) is 0 Å². The highest BCUT2D eigenvalue weighted by atomic mass is 16.5. The van der Waals surface area contributed by atoms with E-state index in [2.05, 4.69) is 5.10 Å². The third kappa shape index (κ3) is 3.48. The second-order valence-electron chi connectivity index (χ2n) is 5.86. The first-order valence-corrected chi connectivity index (χ1v) is 8.33. The molecular formula is C20H20N2O5. The lowest BCUT2D eigenvalue weighted by Crippen LogP contribution is -2.45.